The van der Waals surface area contributed by atoms with Gasteiger partial charge in [0.25, 0.3) is 5.16 Å². The molecule has 0 aliphatic heterocycles. The van der Waals surface area contributed by atoms with Crippen LogP contribution in [0, 0.1) is 0 Å². The molecule has 2 aromatic heterocycles. The molecule has 0 N–H and O–H groups in total. The molecule has 0 aliphatic carbocycles. The molecular weight excluding hydrogens is 255 g/mol. The lowest BCUT2D eigenvalue weighted by molar-refractivity contribution is 0.527. The molecule has 9 heteroatoms. The lowest BCUT2D eigenvalue weighted by Gasteiger charge is -2.02. The van der Waals surface area contributed by atoms with Gasteiger partial charge in [0.2, 0.25) is 0 Å². The smallest absolute Gasteiger partial charge is 0.295 e. The Labute approximate surface area is 95.0 Å². The average molecular weight is 262 g/mol. The van der Waals surface area contributed by atoms with Gasteiger partial charge in [-0.25, -0.2) is 4.98 Å². The minimum Gasteiger partial charge on any atom is -0.295 e. The maximum atomic E-state index is 12.9. The van der Waals surface area contributed by atoms with E-state index in [1.165, 1.54) is 15.9 Å². The highest BCUT2D eigenvalue weighted by Crippen LogP contribution is 2.20. The van der Waals surface area contributed by atoms with Crippen molar-refractivity contribution >= 4 is 21.6 Å². The van der Waals surface area contributed by atoms with Gasteiger partial charge in [-0.15, -0.1) is 21.5 Å². The van der Waals surface area contributed by atoms with Crippen LogP contribution in [0.1, 0.15) is 6.92 Å². The number of rotatable bonds is 3. The van der Waals surface area contributed by atoms with E-state index < -0.39 is 15.4 Å². The van der Waals surface area contributed by atoms with Crippen molar-refractivity contribution in [1.82, 2.24) is 19.7 Å². The van der Waals surface area contributed by atoms with Crippen molar-refractivity contribution in [1.29, 1.82) is 0 Å². The molecule has 0 saturated carbocycles. The predicted molar refractivity (Wildman–Crippen MR) is 55.1 cm³/mol. The van der Waals surface area contributed by atoms with Crippen molar-refractivity contribution in [2.24, 2.45) is 0 Å². The zero-order chi connectivity index (χ0) is 11.8. The summed E-state index contributed by atoms with van der Waals surface area (Å²) in [5, 5.41) is 7.97. The minimum absolute atomic E-state index is 0.248. The lowest BCUT2D eigenvalue weighted by atomic mass is 10.4. The molecule has 86 valence electrons. The Morgan fingerprint density at radius 3 is 2.75 bits per heavy atom. The van der Waals surface area contributed by atoms with Crippen LogP contribution in [0.4, 0.5) is 3.89 Å². The van der Waals surface area contributed by atoms with Gasteiger partial charge in [0.1, 0.15) is 5.69 Å². The lowest BCUT2D eigenvalue weighted by Crippen LogP contribution is -2.06. The Hall–Kier alpha value is -1.35. The summed E-state index contributed by atoms with van der Waals surface area (Å²) in [4.78, 5) is 3.97. The van der Waals surface area contributed by atoms with Crippen LogP contribution in [0.25, 0.3) is 11.5 Å². The fourth-order valence-electron chi connectivity index (χ4n) is 1.27. The van der Waals surface area contributed by atoms with Gasteiger partial charge in [-0.2, -0.15) is 8.42 Å². The normalized spacial score (nSPS) is 11.9. The van der Waals surface area contributed by atoms with Crippen molar-refractivity contribution in [3.63, 3.8) is 0 Å². The van der Waals surface area contributed by atoms with Gasteiger partial charge in [0.15, 0.2) is 5.82 Å². The van der Waals surface area contributed by atoms with Gasteiger partial charge >= 0.3 is 10.2 Å². The summed E-state index contributed by atoms with van der Waals surface area (Å²) in [6.45, 7) is 1.92. The number of aromatic nitrogens is 4. The first-order valence-electron chi connectivity index (χ1n) is 4.30. The van der Waals surface area contributed by atoms with Crippen molar-refractivity contribution in [3.05, 3.63) is 10.9 Å². The van der Waals surface area contributed by atoms with E-state index >= 15 is 0 Å². The molecule has 2 aromatic rings. The van der Waals surface area contributed by atoms with Gasteiger partial charge in [-0.1, -0.05) is 3.89 Å². The molecule has 0 aromatic carbocycles. The van der Waals surface area contributed by atoms with Crippen LogP contribution in [-0.4, -0.2) is 28.2 Å². The Morgan fingerprint density at radius 1 is 1.50 bits per heavy atom. The Morgan fingerprint density at radius 2 is 2.25 bits per heavy atom. The number of hydrogen-bond acceptors (Lipinski definition) is 6. The molecule has 0 unspecified atom stereocenters. The van der Waals surface area contributed by atoms with Crippen molar-refractivity contribution in [3.8, 4) is 11.5 Å². The van der Waals surface area contributed by atoms with Crippen LogP contribution in [0.3, 0.4) is 0 Å². The standard InChI is InChI=1S/C7H7FN4O2S2/c1-2-12-6(5-3-15-4-9-5)10-11-7(12)16(8,13)14/h3-4H,2H2,1H3. The van der Waals surface area contributed by atoms with Crippen LogP contribution < -0.4 is 0 Å². The Balaban J connectivity index is 2.63. The summed E-state index contributed by atoms with van der Waals surface area (Å²) in [6, 6.07) is 0. The Kier molecular flexibility index (Phi) is 2.72. The summed E-state index contributed by atoms with van der Waals surface area (Å²) in [5.74, 6) is 0.250. The summed E-state index contributed by atoms with van der Waals surface area (Å²) in [6.07, 6.45) is 0. The molecule has 6 nitrogen and oxygen atoms in total. The van der Waals surface area contributed by atoms with Crippen LogP contribution in [0.15, 0.2) is 16.0 Å². The van der Waals surface area contributed by atoms with E-state index in [0.29, 0.717) is 5.69 Å². The quantitative estimate of drug-likeness (QED) is 0.773. The van der Waals surface area contributed by atoms with E-state index in [0.717, 1.165) is 0 Å². The summed E-state index contributed by atoms with van der Waals surface area (Å²) in [5.41, 5.74) is 2.06. The molecule has 0 atom stereocenters. The summed E-state index contributed by atoms with van der Waals surface area (Å²) < 4.78 is 35.6. The molecule has 0 radical (unpaired) electrons. The molecule has 0 spiro atoms. The second-order valence-electron chi connectivity index (χ2n) is 2.86. The van der Waals surface area contributed by atoms with Crippen LogP contribution in [0.2, 0.25) is 0 Å². The molecule has 2 heterocycles. The highest BCUT2D eigenvalue weighted by atomic mass is 32.3. The maximum absolute atomic E-state index is 12.9. The molecule has 2 rings (SSSR count). The third kappa shape index (κ3) is 1.83. The molecule has 0 saturated heterocycles. The number of halogens is 1. The van der Waals surface area contributed by atoms with E-state index in [9.17, 15) is 12.3 Å². The number of thiazole rings is 1. The highest BCUT2D eigenvalue weighted by molar-refractivity contribution is 7.86. The molecule has 0 fully saturated rings. The van der Waals surface area contributed by atoms with E-state index in [1.54, 1.807) is 17.8 Å². The van der Waals surface area contributed by atoms with Gasteiger partial charge in [0, 0.05) is 11.9 Å². The fraction of sp³-hybridized carbons (Fsp3) is 0.286. The first-order valence-corrected chi connectivity index (χ1v) is 6.63. The van der Waals surface area contributed by atoms with Crippen LogP contribution in [-0.2, 0) is 16.8 Å². The first-order chi connectivity index (χ1) is 7.54. The number of hydrogen-bond donors (Lipinski definition) is 0. The SMILES string of the molecule is CCn1c(-c2cscn2)nnc1S(=O)(=O)F. The first kappa shape index (κ1) is 11.1. The van der Waals surface area contributed by atoms with Crippen molar-refractivity contribution < 1.29 is 12.3 Å². The zero-order valence-corrected chi connectivity index (χ0v) is 9.79. The van der Waals surface area contributed by atoms with E-state index in [1.807, 2.05) is 0 Å². The van der Waals surface area contributed by atoms with Crippen LogP contribution in [0.5, 0.6) is 0 Å². The van der Waals surface area contributed by atoms with Gasteiger partial charge in [-0.3, -0.25) is 4.57 Å². The fourth-order valence-corrected chi connectivity index (χ4v) is 2.41. The van der Waals surface area contributed by atoms with Gasteiger partial charge in [0.05, 0.1) is 5.51 Å². The second kappa shape index (κ2) is 3.91. The molecular formula is C7H7FN4O2S2. The monoisotopic (exact) mass is 262 g/mol. The van der Waals surface area contributed by atoms with Crippen LogP contribution >= 0.6 is 11.3 Å². The predicted octanol–water partition coefficient (Wildman–Crippen LogP) is 1.08. The third-order valence-corrected chi connectivity index (χ3v) is 3.24. The van der Waals surface area contributed by atoms with E-state index in [2.05, 4.69) is 15.2 Å². The van der Waals surface area contributed by atoms with E-state index in [4.69, 9.17) is 0 Å². The topological polar surface area (TPSA) is 77.7 Å². The molecule has 0 aliphatic rings. The summed E-state index contributed by atoms with van der Waals surface area (Å²) >= 11 is 1.33. The zero-order valence-electron chi connectivity index (χ0n) is 8.16. The van der Waals surface area contributed by atoms with Crippen molar-refractivity contribution in [2.75, 3.05) is 0 Å². The highest BCUT2D eigenvalue weighted by Gasteiger charge is 2.24. The number of nitrogens with zero attached hydrogens (tertiary/aromatic N) is 4. The summed E-state index contributed by atoms with van der Waals surface area (Å²) in [7, 11) is -4.85. The second-order valence-corrected chi connectivity index (χ2v) is 4.82. The maximum Gasteiger partial charge on any atom is 0.368 e. The minimum atomic E-state index is -4.85. The van der Waals surface area contributed by atoms with Crippen molar-refractivity contribution in [2.45, 2.75) is 18.6 Å². The van der Waals surface area contributed by atoms with Gasteiger partial charge in [-0.05, 0) is 6.92 Å². The van der Waals surface area contributed by atoms with Gasteiger partial charge < -0.3 is 0 Å². The van der Waals surface area contributed by atoms with E-state index in [-0.39, 0.29) is 12.4 Å². The molecule has 0 amide bonds. The third-order valence-electron chi connectivity index (χ3n) is 1.91. The molecule has 16 heavy (non-hydrogen) atoms. The molecule has 0 bridgehead atoms. The Bertz CT molecular complexity index is 590. The largest absolute Gasteiger partial charge is 0.368 e. The average Bonchev–Trinajstić information content (AvgIpc) is 2.84.